The second kappa shape index (κ2) is 7.11. The molecule has 6 nitrogen and oxygen atoms in total. The van der Waals surface area contributed by atoms with Gasteiger partial charge in [-0.15, -0.1) is 0 Å². The highest BCUT2D eigenvalue weighted by atomic mass is 32.2. The number of rotatable bonds is 4. The molecule has 2 heterocycles. The third-order valence-corrected chi connectivity index (χ3v) is 6.99. The van der Waals surface area contributed by atoms with Crippen LogP contribution in [0.4, 0.5) is 0 Å². The molecular weight excluding hydrogens is 346 g/mol. The molecule has 1 aromatic rings. The molecule has 0 radical (unpaired) electrons. The number of amides is 1. The molecule has 0 spiro atoms. The first kappa shape index (κ1) is 18.7. The van der Waals surface area contributed by atoms with E-state index in [2.05, 4.69) is 11.1 Å². The number of hydrogen-bond donors (Lipinski definition) is 0. The van der Waals surface area contributed by atoms with Crippen LogP contribution < -0.4 is 0 Å². The van der Waals surface area contributed by atoms with E-state index in [-0.39, 0.29) is 23.5 Å². The van der Waals surface area contributed by atoms with E-state index < -0.39 is 15.1 Å². The number of aromatic nitrogens is 1. The average molecular weight is 367 g/mol. The number of pyridine rings is 1. The van der Waals surface area contributed by atoms with Crippen molar-refractivity contribution in [1.29, 1.82) is 5.26 Å². The van der Waals surface area contributed by atoms with Gasteiger partial charge in [-0.25, -0.2) is 13.4 Å². The van der Waals surface area contributed by atoms with Gasteiger partial charge in [-0.1, -0.05) is 11.8 Å². The maximum atomic E-state index is 12.6. The quantitative estimate of drug-likeness (QED) is 0.752. The molecule has 1 aromatic heterocycles. The average Bonchev–Trinajstić information content (AvgIpc) is 2.85. The summed E-state index contributed by atoms with van der Waals surface area (Å²) in [7, 11) is -1.39. The Morgan fingerprint density at radius 1 is 1.50 bits per heavy atom. The predicted octanol–water partition coefficient (Wildman–Crippen LogP) is 1.70. The molecule has 1 aliphatic heterocycles. The lowest BCUT2D eigenvalue weighted by Gasteiger charge is -2.26. The van der Waals surface area contributed by atoms with Gasteiger partial charge >= 0.3 is 0 Å². The summed E-state index contributed by atoms with van der Waals surface area (Å²) in [6.45, 7) is 5.45. The minimum absolute atomic E-state index is 0.0257. The van der Waals surface area contributed by atoms with E-state index in [0.29, 0.717) is 17.0 Å². The van der Waals surface area contributed by atoms with Crippen LogP contribution in [0.15, 0.2) is 11.1 Å². The fourth-order valence-electron chi connectivity index (χ4n) is 2.79. The number of carbonyl (C=O) groups is 1. The van der Waals surface area contributed by atoms with Crippen molar-refractivity contribution in [3.05, 3.63) is 22.9 Å². The summed E-state index contributed by atoms with van der Waals surface area (Å²) in [5.41, 5.74) is 2.11. The zero-order chi connectivity index (χ0) is 18.1. The normalized spacial score (nSPS) is 20.4. The van der Waals surface area contributed by atoms with E-state index in [1.807, 2.05) is 19.9 Å². The molecule has 1 saturated heterocycles. The number of carbonyl (C=O) groups excluding carboxylic acids is 1. The molecule has 2 atom stereocenters. The van der Waals surface area contributed by atoms with Crippen LogP contribution in [-0.2, 0) is 14.6 Å². The Morgan fingerprint density at radius 3 is 2.71 bits per heavy atom. The molecule has 2 rings (SSSR count). The lowest BCUT2D eigenvalue weighted by atomic mass is 10.1. The highest BCUT2D eigenvalue weighted by Gasteiger charge is 2.34. The molecule has 1 aliphatic rings. The minimum atomic E-state index is -3.04. The molecule has 0 bridgehead atoms. The standard InChI is InChI=1S/C16H21N3O3S2/c1-10-7-11(2)18-15(14(10)8-17)23-12(3)16(20)19(4)13-5-6-24(21,22)9-13/h7,12-13H,5-6,9H2,1-4H3/t12-,13+/m0/s1. The van der Waals surface area contributed by atoms with Crippen LogP contribution in [0.5, 0.6) is 0 Å². The maximum absolute atomic E-state index is 12.6. The van der Waals surface area contributed by atoms with Crippen LogP contribution in [0, 0.1) is 25.2 Å². The lowest BCUT2D eigenvalue weighted by molar-refractivity contribution is -0.130. The van der Waals surface area contributed by atoms with Crippen molar-refractivity contribution in [1.82, 2.24) is 9.88 Å². The van der Waals surface area contributed by atoms with Crippen molar-refractivity contribution < 1.29 is 13.2 Å². The Bertz CT molecular complexity index is 800. The Hall–Kier alpha value is -1.59. The van der Waals surface area contributed by atoms with Gasteiger partial charge in [0.15, 0.2) is 9.84 Å². The van der Waals surface area contributed by atoms with Crippen LogP contribution >= 0.6 is 11.8 Å². The third-order valence-electron chi connectivity index (χ3n) is 4.16. The van der Waals surface area contributed by atoms with Gasteiger partial charge < -0.3 is 4.90 Å². The summed E-state index contributed by atoms with van der Waals surface area (Å²) in [5.74, 6) is 0.0123. The van der Waals surface area contributed by atoms with Crippen LogP contribution in [0.3, 0.4) is 0 Å². The summed E-state index contributed by atoms with van der Waals surface area (Å²) < 4.78 is 23.2. The van der Waals surface area contributed by atoms with E-state index in [4.69, 9.17) is 0 Å². The number of aryl methyl sites for hydroxylation is 2. The molecule has 0 aromatic carbocycles. The molecule has 0 unspecified atom stereocenters. The summed E-state index contributed by atoms with van der Waals surface area (Å²) in [6, 6.07) is 3.71. The van der Waals surface area contributed by atoms with Crippen molar-refractivity contribution in [2.45, 2.75) is 43.5 Å². The summed E-state index contributed by atoms with van der Waals surface area (Å²) in [5, 5.41) is 9.42. The zero-order valence-corrected chi connectivity index (χ0v) is 15.9. The van der Waals surface area contributed by atoms with Gasteiger partial charge in [-0.05, 0) is 38.8 Å². The Balaban J connectivity index is 2.14. The molecule has 1 fully saturated rings. The zero-order valence-electron chi connectivity index (χ0n) is 14.2. The Kier molecular flexibility index (Phi) is 5.56. The van der Waals surface area contributed by atoms with E-state index >= 15 is 0 Å². The minimum Gasteiger partial charge on any atom is -0.341 e. The SMILES string of the molecule is Cc1cc(C)c(C#N)c(S[C@@H](C)C(=O)N(C)[C@@H]2CCS(=O)(=O)C2)n1. The third kappa shape index (κ3) is 4.08. The van der Waals surface area contributed by atoms with Crippen LogP contribution in [0.25, 0.3) is 0 Å². The van der Waals surface area contributed by atoms with Gasteiger partial charge in [0.2, 0.25) is 5.91 Å². The van der Waals surface area contributed by atoms with Gasteiger partial charge in [-0.3, -0.25) is 4.79 Å². The number of hydrogen-bond acceptors (Lipinski definition) is 6. The van der Waals surface area contributed by atoms with Gasteiger partial charge in [0.25, 0.3) is 0 Å². The largest absolute Gasteiger partial charge is 0.341 e. The predicted molar refractivity (Wildman–Crippen MR) is 93.6 cm³/mol. The van der Waals surface area contributed by atoms with Crippen LogP contribution in [0.1, 0.15) is 30.2 Å². The summed E-state index contributed by atoms with van der Waals surface area (Å²) >= 11 is 1.24. The van der Waals surface area contributed by atoms with Crippen molar-refractivity contribution in [2.75, 3.05) is 18.6 Å². The highest BCUT2D eigenvalue weighted by molar-refractivity contribution is 8.00. The molecule has 1 amide bonds. The smallest absolute Gasteiger partial charge is 0.235 e. The Labute approximate surface area is 147 Å². The van der Waals surface area contributed by atoms with Crippen LogP contribution in [0.2, 0.25) is 0 Å². The Morgan fingerprint density at radius 2 is 2.17 bits per heavy atom. The lowest BCUT2D eigenvalue weighted by Crippen LogP contribution is -2.41. The van der Waals surface area contributed by atoms with Gasteiger partial charge in [0.05, 0.1) is 22.3 Å². The highest BCUT2D eigenvalue weighted by Crippen LogP contribution is 2.29. The van der Waals surface area contributed by atoms with E-state index in [1.165, 1.54) is 16.7 Å². The van der Waals surface area contributed by atoms with Crippen LogP contribution in [-0.4, -0.2) is 54.1 Å². The fourth-order valence-corrected chi connectivity index (χ4v) is 5.69. The second-order valence-electron chi connectivity index (χ2n) is 6.14. The molecular formula is C16H21N3O3S2. The number of sulfone groups is 1. The number of nitriles is 1. The number of thioether (sulfide) groups is 1. The first-order valence-electron chi connectivity index (χ1n) is 7.66. The van der Waals surface area contributed by atoms with Gasteiger partial charge in [-0.2, -0.15) is 5.26 Å². The monoisotopic (exact) mass is 367 g/mol. The molecule has 130 valence electrons. The van der Waals surface area contributed by atoms with Crippen molar-refractivity contribution in [2.24, 2.45) is 0 Å². The van der Waals surface area contributed by atoms with Crippen molar-refractivity contribution in [3.63, 3.8) is 0 Å². The maximum Gasteiger partial charge on any atom is 0.235 e. The molecule has 24 heavy (non-hydrogen) atoms. The van der Waals surface area contributed by atoms with Gasteiger partial charge in [0, 0.05) is 18.8 Å². The second-order valence-corrected chi connectivity index (χ2v) is 9.70. The van der Waals surface area contributed by atoms with E-state index in [1.54, 1.807) is 14.0 Å². The molecule has 8 heteroatoms. The van der Waals surface area contributed by atoms with E-state index in [0.717, 1.165) is 11.3 Å². The number of nitrogens with zero attached hydrogens (tertiary/aromatic N) is 3. The topological polar surface area (TPSA) is 91.1 Å². The van der Waals surface area contributed by atoms with Crippen molar-refractivity contribution in [3.8, 4) is 6.07 Å². The van der Waals surface area contributed by atoms with E-state index in [9.17, 15) is 18.5 Å². The summed E-state index contributed by atoms with van der Waals surface area (Å²) in [4.78, 5) is 18.5. The first-order valence-corrected chi connectivity index (χ1v) is 10.4. The molecule has 0 aliphatic carbocycles. The van der Waals surface area contributed by atoms with Crippen molar-refractivity contribution >= 4 is 27.5 Å². The molecule has 0 saturated carbocycles. The first-order chi connectivity index (χ1) is 11.1. The molecule has 0 N–H and O–H groups in total. The summed E-state index contributed by atoms with van der Waals surface area (Å²) in [6.07, 6.45) is 0.479. The fraction of sp³-hybridized carbons (Fsp3) is 0.562. The van der Waals surface area contributed by atoms with Gasteiger partial charge in [0.1, 0.15) is 11.1 Å².